The molecule has 0 fully saturated rings. The summed E-state index contributed by atoms with van der Waals surface area (Å²) in [7, 11) is 0. The van der Waals surface area contributed by atoms with Crippen molar-refractivity contribution >= 4 is 17.3 Å². The van der Waals surface area contributed by atoms with Gasteiger partial charge in [0.2, 0.25) is 0 Å². The average molecular weight is 211 g/mol. The second-order valence-electron chi connectivity index (χ2n) is 2.73. The molecule has 0 unspecified atom stereocenters. The van der Waals surface area contributed by atoms with Gasteiger partial charge in [0, 0.05) is 5.02 Å². The summed E-state index contributed by atoms with van der Waals surface area (Å²) in [6.07, 6.45) is 1.35. The van der Waals surface area contributed by atoms with Crippen molar-refractivity contribution in [3.8, 4) is 5.69 Å². The van der Waals surface area contributed by atoms with Gasteiger partial charge in [0.05, 0.1) is 11.4 Å². The van der Waals surface area contributed by atoms with E-state index in [0.717, 1.165) is 0 Å². The van der Waals surface area contributed by atoms with Crippen LogP contribution in [-0.2, 0) is 0 Å². The number of rotatable bonds is 1. The third-order valence-electron chi connectivity index (χ3n) is 1.80. The molecule has 0 radical (unpaired) electrons. The Morgan fingerprint density at radius 2 is 2.29 bits per heavy atom. The number of aromatic amines is 1. The first kappa shape index (κ1) is 8.83. The van der Waals surface area contributed by atoms with Crippen LogP contribution in [0.15, 0.2) is 29.3 Å². The molecule has 1 aromatic carbocycles. The molecule has 6 heteroatoms. The smallest absolute Gasteiger partial charge is 0.347 e. The Morgan fingerprint density at radius 3 is 2.93 bits per heavy atom. The van der Waals surface area contributed by atoms with Gasteiger partial charge in [0.1, 0.15) is 6.33 Å². The third kappa shape index (κ3) is 1.38. The molecule has 0 saturated heterocycles. The van der Waals surface area contributed by atoms with E-state index < -0.39 is 0 Å². The molecule has 2 rings (SSSR count). The Hall–Kier alpha value is -1.75. The average Bonchev–Trinajstić information content (AvgIpc) is 2.56. The summed E-state index contributed by atoms with van der Waals surface area (Å²) in [5.41, 5.74) is 6.34. The Bertz CT molecular complexity index is 516. The molecule has 5 nitrogen and oxygen atoms in total. The van der Waals surface area contributed by atoms with E-state index in [9.17, 15) is 4.79 Å². The molecule has 3 N–H and O–H groups in total. The highest BCUT2D eigenvalue weighted by Crippen LogP contribution is 2.19. The minimum Gasteiger partial charge on any atom is -0.397 e. The fraction of sp³-hybridized carbons (Fsp3) is 0. The number of hydrogen-bond donors (Lipinski definition) is 2. The van der Waals surface area contributed by atoms with E-state index in [4.69, 9.17) is 17.3 Å². The van der Waals surface area contributed by atoms with E-state index in [1.54, 1.807) is 18.2 Å². The lowest BCUT2D eigenvalue weighted by atomic mass is 10.3. The zero-order chi connectivity index (χ0) is 10.1. The molecule has 0 bridgehead atoms. The van der Waals surface area contributed by atoms with Crippen LogP contribution in [0, 0.1) is 0 Å². The van der Waals surface area contributed by atoms with Gasteiger partial charge in [-0.1, -0.05) is 11.6 Å². The first-order chi connectivity index (χ1) is 6.68. The normalized spacial score (nSPS) is 10.4. The van der Waals surface area contributed by atoms with Gasteiger partial charge in [-0.25, -0.2) is 14.5 Å². The van der Waals surface area contributed by atoms with Crippen molar-refractivity contribution in [3.05, 3.63) is 40.0 Å². The summed E-state index contributed by atoms with van der Waals surface area (Å²) < 4.78 is 1.29. The number of benzene rings is 1. The van der Waals surface area contributed by atoms with Gasteiger partial charge in [0.25, 0.3) is 0 Å². The van der Waals surface area contributed by atoms with Crippen molar-refractivity contribution in [1.29, 1.82) is 0 Å². The number of nitrogens with one attached hydrogen (secondary N) is 1. The van der Waals surface area contributed by atoms with Gasteiger partial charge in [-0.15, -0.1) is 0 Å². The number of anilines is 1. The molecule has 0 saturated carbocycles. The molecule has 1 heterocycles. The maximum Gasteiger partial charge on any atom is 0.347 e. The summed E-state index contributed by atoms with van der Waals surface area (Å²) >= 11 is 5.78. The first-order valence-electron chi connectivity index (χ1n) is 3.86. The second kappa shape index (κ2) is 3.19. The lowest BCUT2D eigenvalue weighted by Crippen LogP contribution is -2.15. The number of hydrogen-bond acceptors (Lipinski definition) is 3. The van der Waals surface area contributed by atoms with Crippen molar-refractivity contribution in [2.24, 2.45) is 0 Å². The fourth-order valence-electron chi connectivity index (χ4n) is 1.15. The Morgan fingerprint density at radius 1 is 1.50 bits per heavy atom. The molecule has 0 spiro atoms. The van der Waals surface area contributed by atoms with Gasteiger partial charge in [-0.05, 0) is 18.2 Å². The monoisotopic (exact) mass is 210 g/mol. The topological polar surface area (TPSA) is 76.7 Å². The standard InChI is InChI=1S/C8H7ClN4O/c9-5-1-2-6(10)7(3-5)13-4-11-12-8(13)14/h1-4H,10H2,(H,12,14). The molecule has 0 aliphatic heterocycles. The van der Waals surface area contributed by atoms with Crippen LogP contribution in [0.3, 0.4) is 0 Å². The quantitative estimate of drug-likeness (QED) is 0.684. The van der Waals surface area contributed by atoms with Crippen LogP contribution in [0.2, 0.25) is 5.02 Å². The van der Waals surface area contributed by atoms with E-state index in [1.165, 1.54) is 10.9 Å². The van der Waals surface area contributed by atoms with Crippen LogP contribution < -0.4 is 11.4 Å². The predicted octanol–water partition coefficient (Wildman–Crippen LogP) is 0.796. The van der Waals surface area contributed by atoms with Gasteiger partial charge in [-0.2, -0.15) is 5.10 Å². The number of nitrogens with two attached hydrogens (primary N) is 1. The summed E-state index contributed by atoms with van der Waals surface area (Å²) in [5, 5.41) is 6.38. The molecule has 72 valence electrons. The molecular formula is C8H7ClN4O. The molecular weight excluding hydrogens is 204 g/mol. The highest BCUT2D eigenvalue weighted by Gasteiger charge is 2.05. The number of halogens is 1. The molecule has 0 amide bonds. The number of nitrogens with zero attached hydrogens (tertiary/aromatic N) is 2. The molecule has 0 atom stereocenters. The molecule has 2 aromatic rings. The van der Waals surface area contributed by atoms with Crippen molar-refractivity contribution in [2.45, 2.75) is 0 Å². The van der Waals surface area contributed by atoms with Crippen LogP contribution in [0.1, 0.15) is 0 Å². The number of nitrogen functional groups attached to an aromatic ring is 1. The highest BCUT2D eigenvalue weighted by atomic mass is 35.5. The molecule has 0 aliphatic carbocycles. The highest BCUT2D eigenvalue weighted by molar-refractivity contribution is 6.30. The zero-order valence-electron chi connectivity index (χ0n) is 7.07. The van der Waals surface area contributed by atoms with Crippen LogP contribution >= 0.6 is 11.6 Å². The summed E-state index contributed by atoms with van der Waals surface area (Å²) in [5.74, 6) is 0. The summed E-state index contributed by atoms with van der Waals surface area (Å²) in [6.45, 7) is 0. The van der Waals surface area contributed by atoms with Gasteiger partial charge in [-0.3, -0.25) is 0 Å². The minimum absolute atomic E-state index is 0.348. The number of H-pyrrole nitrogens is 1. The summed E-state index contributed by atoms with van der Waals surface area (Å²) in [4.78, 5) is 11.2. The zero-order valence-corrected chi connectivity index (χ0v) is 7.82. The Kier molecular flexibility index (Phi) is 2.01. The summed E-state index contributed by atoms with van der Waals surface area (Å²) in [6, 6.07) is 4.90. The van der Waals surface area contributed by atoms with E-state index in [1.807, 2.05) is 0 Å². The molecule has 1 aromatic heterocycles. The maximum absolute atomic E-state index is 11.2. The first-order valence-corrected chi connectivity index (χ1v) is 4.23. The van der Waals surface area contributed by atoms with Gasteiger partial charge < -0.3 is 5.73 Å². The SMILES string of the molecule is Nc1ccc(Cl)cc1-n1cn[nH]c1=O. The van der Waals surface area contributed by atoms with E-state index >= 15 is 0 Å². The lowest BCUT2D eigenvalue weighted by molar-refractivity contribution is 0.985. The van der Waals surface area contributed by atoms with E-state index in [0.29, 0.717) is 16.4 Å². The van der Waals surface area contributed by atoms with Gasteiger partial charge >= 0.3 is 5.69 Å². The van der Waals surface area contributed by atoms with Crippen LogP contribution in [-0.4, -0.2) is 14.8 Å². The number of aromatic nitrogens is 3. The largest absolute Gasteiger partial charge is 0.397 e. The van der Waals surface area contributed by atoms with Crippen molar-refractivity contribution in [3.63, 3.8) is 0 Å². The lowest BCUT2D eigenvalue weighted by Gasteiger charge is -2.04. The van der Waals surface area contributed by atoms with Gasteiger partial charge in [0.15, 0.2) is 0 Å². The third-order valence-corrected chi connectivity index (χ3v) is 2.04. The molecule has 14 heavy (non-hydrogen) atoms. The van der Waals surface area contributed by atoms with E-state index in [-0.39, 0.29) is 5.69 Å². The maximum atomic E-state index is 11.2. The predicted molar refractivity (Wildman–Crippen MR) is 53.6 cm³/mol. The van der Waals surface area contributed by atoms with Crippen LogP contribution in [0.25, 0.3) is 5.69 Å². The van der Waals surface area contributed by atoms with Crippen LogP contribution in [0.5, 0.6) is 0 Å². The minimum atomic E-state index is -0.348. The molecule has 0 aliphatic rings. The Labute approximate surface area is 84.1 Å². The van der Waals surface area contributed by atoms with E-state index in [2.05, 4.69) is 10.2 Å². The Balaban J connectivity index is 2.68. The van der Waals surface area contributed by atoms with Crippen molar-refractivity contribution in [1.82, 2.24) is 14.8 Å². The van der Waals surface area contributed by atoms with Crippen molar-refractivity contribution in [2.75, 3.05) is 5.73 Å². The second-order valence-corrected chi connectivity index (χ2v) is 3.17. The van der Waals surface area contributed by atoms with Crippen molar-refractivity contribution < 1.29 is 0 Å². The van der Waals surface area contributed by atoms with Crippen LogP contribution in [0.4, 0.5) is 5.69 Å². The fourth-order valence-corrected chi connectivity index (χ4v) is 1.31.